The third-order valence-corrected chi connectivity index (χ3v) is 7.25. The summed E-state index contributed by atoms with van der Waals surface area (Å²) in [5.74, 6) is -0.243. The van der Waals surface area contributed by atoms with Crippen LogP contribution in [0.3, 0.4) is 0 Å². The van der Waals surface area contributed by atoms with E-state index in [-0.39, 0.29) is 29.0 Å². The Hall–Kier alpha value is -2.08. The van der Waals surface area contributed by atoms with Crippen LogP contribution < -0.4 is 5.32 Å². The highest BCUT2D eigenvalue weighted by Crippen LogP contribution is 2.47. The number of thioether (sulfide) groups is 1. The predicted octanol–water partition coefficient (Wildman–Crippen LogP) is 6.78. The maximum atomic E-state index is 12.4. The van der Waals surface area contributed by atoms with Gasteiger partial charge in [-0.15, -0.1) is 11.8 Å². The summed E-state index contributed by atoms with van der Waals surface area (Å²) < 4.78 is 5.39. The summed E-state index contributed by atoms with van der Waals surface area (Å²) in [4.78, 5) is 13.0. The van der Waals surface area contributed by atoms with Crippen LogP contribution in [-0.4, -0.2) is 22.3 Å². The maximum Gasteiger partial charge on any atom is 0.307 e. The van der Waals surface area contributed by atoms with Crippen molar-refractivity contribution in [2.75, 3.05) is 5.32 Å². The first-order valence-corrected chi connectivity index (χ1v) is 11.6. The van der Waals surface area contributed by atoms with Gasteiger partial charge in [0.2, 0.25) is 0 Å². The van der Waals surface area contributed by atoms with Crippen molar-refractivity contribution in [1.82, 2.24) is 0 Å². The van der Waals surface area contributed by atoms with Gasteiger partial charge in [0.25, 0.3) is 0 Å². The average molecular weight is 456 g/mol. The molecule has 2 unspecified atom stereocenters. The predicted molar refractivity (Wildman–Crippen MR) is 131 cm³/mol. The lowest BCUT2D eigenvalue weighted by Gasteiger charge is -2.22. The standard InChI is InChI=1S/C24H22ClNO2S2/c1-14(2)28-22(27)13-21-24(29)26-20-11-10-16(25)12-19(20)23(30-21)18-9-5-7-15-6-3-4-8-17(15)18/h3-12,14,21,23H,13H2,1-2H3,(H,26,29). The molecule has 3 aromatic rings. The van der Waals surface area contributed by atoms with Gasteiger partial charge in [0.1, 0.15) is 0 Å². The number of carbonyl (C=O) groups is 1. The second-order valence-electron chi connectivity index (χ2n) is 7.54. The first-order chi connectivity index (χ1) is 14.4. The van der Waals surface area contributed by atoms with Crippen LogP contribution in [0.15, 0.2) is 60.7 Å². The molecule has 154 valence electrons. The van der Waals surface area contributed by atoms with Crippen molar-refractivity contribution in [3.8, 4) is 0 Å². The average Bonchev–Trinajstić information content (AvgIpc) is 2.83. The Morgan fingerprint density at radius 2 is 1.90 bits per heavy atom. The van der Waals surface area contributed by atoms with Gasteiger partial charge in [0, 0.05) is 10.7 Å². The SMILES string of the molecule is CC(C)OC(=O)CC1SC(c2cccc3ccccc23)c2cc(Cl)ccc2NC1=S. The van der Waals surface area contributed by atoms with Crippen LogP contribution in [-0.2, 0) is 9.53 Å². The van der Waals surface area contributed by atoms with Gasteiger partial charge in [-0.25, -0.2) is 0 Å². The van der Waals surface area contributed by atoms with Crippen molar-refractivity contribution in [3.05, 3.63) is 76.8 Å². The van der Waals surface area contributed by atoms with Crippen LogP contribution in [0.4, 0.5) is 5.69 Å². The van der Waals surface area contributed by atoms with Crippen LogP contribution >= 0.6 is 35.6 Å². The van der Waals surface area contributed by atoms with E-state index >= 15 is 0 Å². The molecule has 0 aromatic heterocycles. The van der Waals surface area contributed by atoms with E-state index in [1.165, 1.54) is 16.3 Å². The molecule has 3 nitrogen and oxygen atoms in total. The summed E-state index contributed by atoms with van der Waals surface area (Å²) in [7, 11) is 0. The van der Waals surface area contributed by atoms with Crippen molar-refractivity contribution in [3.63, 3.8) is 0 Å². The Bertz CT molecular complexity index is 1110. The molecule has 4 rings (SSSR count). The van der Waals surface area contributed by atoms with Gasteiger partial charge in [-0.05, 0) is 53.9 Å². The second kappa shape index (κ2) is 8.96. The van der Waals surface area contributed by atoms with E-state index in [2.05, 4.69) is 35.6 Å². The van der Waals surface area contributed by atoms with E-state index in [4.69, 9.17) is 28.6 Å². The topological polar surface area (TPSA) is 38.3 Å². The molecule has 0 bridgehead atoms. The van der Waals surface area contributed by atoms with E-state index in [1.807, 2.05) is 44.2 Å². The number of thiocarbonyl (C=S) groups is 1. The zero-order valence-electron chi connectivity index (χ0n) is 16.7. The molecule has 1 N–H and O–H groups in total. The lowest BCUT2D eigenvalue weighted by atomic mass is 9.97. The van der Waals surface area contributed by atoms with E-state index in [0.717, 1.165) is 11.3 Å². The van der Waals surface area contributed by atoms with E-state index in [0.29, 0.717) is 10.0 Å². The molecule has 3 aromatic carbocycles. The molecule has 0 spiro atoms. The molecule has 2 atom stereocenters. The van der Waals surface area contributed by atoms with E-state index in [9.17, 15) is 4.79 Å². The molecule has 0 radical (unpaired) electrons. The van der Waals surface area contributed by atoms with Crippen molar-refractivity contribution >= 4 is 63.0 Å². The Morgan fingerprint density at radius 1 is 1.13 bits per heavy atom. The fourth-order valence-electron chi connectivity index (χ4n) is 3.70. The highest BCUT2D eigenvalue weighted by Gasteiger charge is 2.32. The number of rotatable bonds is 4. The maximum absolute atomic E-state index is 12.4. The molecule has 6 heteroatoms. The van der Waals surface area contributed by atoms with Gasteiger partial charge >= 0.3 is 5.97 Å². The van der Waals surface area contributed by atoms with Gasteiger partial charge in [-0.2, -0.15) is 0 Å². The molecule has 1 aliphatic rings. The molecule has 0 amide bonds. The zero-order valence-corrected chi connectivity index (χ0v) is 19.1. The van der Waals surface area contributed by atoms with E-state index in [1.54, 1.807) is 11.8 Å². The molecule has 30 heavy (non-hydrogen) atoms. The first-order valence-electron chi connectivity index (χ1n) is 9.85. The number of ether oxygens (including phenoxy) is 1. The molecule has 0 saturated heterocycles. The monoisotopic (exact) mass is 455 g/mol. The Labute approximate surface area is 191 Å². The fraction of sp³-hybridized carbons (Fsp3) is 0.250. The third-order valence-electron chi connectivity index (χ3n) is 4.97. The number of halogens is 1. The van der Waals surface area contributed by atoms with Crippen LogP contribution in [0.5, 0.6) is 0 Å². The normalized spacial score (nSPS) is 18.6. The summed E-state index contributed by atoms with van der Waals surface area (Å²) in [5, 5.41) is 6.14. The van der Waals surface area contributed by atoms with Gasteiger partial charge in [0.15, 0.2) is 0 Å². The third kappa shape index (κ3) is 4.48. The van der Waals surface area contributed by atoms with Gasteiger partial charge in [-0.3, -0.25) is 4.79 Å². The minimum absolute atomic E-state index is 0.0328. The number of fused-ring (bicyclic) bond motifs is 2. The van der Waals surface area contributed by atoms with Crippen LogP contribution in [0.25, 0.3) is 10.8 Å². The number of carbonyl (C=O) groups excluding carboxylic acids is 1. The number of nitrogens with one attached hydrogen (secondary N) is 1. The summed E-state index contributed by atoms with van der Waals surface area (Å²) >= 11 is 13.7. The highest BCUT2D eigenvalue weighted by atomic mass is 35.5. The van der Waals surface area contributed by atoms with Gasteiger partial charge in [0.05, 0.1) is 28.0 Å². The quantitative estimate of drug-likeness (QED) is 0.346. The smallest absolute Gasteiger partial charge is 0.307 e. The molecule has 1 heterocycles. The minimum Gasteiger partial charge on any atom is -0.463 e. The molecule has 0 aliphatic carbocycles. The summed E-state index contributed by atoms with van der Waals surface area (Å²) in [6.07, 6.45) is 0.0668. The van der Waals surface area contributed by atoms with Crippen LogP contribution in [0.1, 0.15) is 36.6 Å². The second-order valence-corrected chi connectivity index (χ2v) is 9.73. The van der Waals surface area contributed by atoms with Crippen LogP contribution in [0, 0.1) is 0 Å². The van der Waals surface area contributed by atoms with Crippen molar-refractivity contribution < 1.29 is 9.53 Å². The fourth-order valence-corrected chi connectivity index (χ4v) is 5.68. The minimum atomic E-state index is -0.243. The first kappa shape index (κ1) is 21.2. The number of benzene rings is 3. The molecular weight excluding hydrogens is 434 g/mol. The molecule has 1 aliphatic heterocycles. The Morgan fingerprint density at radius 3 is 2.70 bits per heavy atom. The van der Waals surface area contributed by atoms with Gasteiger partial charge in [-0.1, -0.05) is 66.3 Å². The van der Waals surface area contributed by atoms with Crippen LogP contribution in [0.2, 0.25) is 5.02 Å². The summed E-state index contributed by atoms with van der Waals surface area (Å²) in [6, 6.07) is 20.5. The lowest BCUT2D eigenvalue weighted by Crippen LogP contribution is -2.26. The summed E-state index contributed by atoms with van der Waals surface area (Å²) in [5.41, 5.74) is 3.16. The summed E-state index contributed by atoms with van der Waals surface area (Å²) in [6.45, 7) is 3.71. The molecule has 0 saturated carbocycles. The molecular formula is C24H22ClNO2S2. The number of esters is 1. The number of hydrogen-bond donors (Lipinski definition) is 1. The van der Waals surface area contributed by atoms with E-state index < -0.39 is 0 Å². The Balaban J connectivity index is 1.80. The number of hydrogen-bond acceptors (Lipinski definition) is 4. The largest absolute Gasteiger partial charge is 0.463 e. The number of anilines is 1. The van der Waals surface area contributed by atoms with Crippen molar-refractivity contribution in [2.24, 2.45) is 0 Å². The van der Waals surface area contributed by atoms with Crippen molar-refractivity contribution in [1.29, 1.82) is 0 Å². The van der Waals surface area contributed by atoms with Gasteiger partial charge < -0.3 is 10.1 Å². The van der Waals surface area contributed by atoms with Crippen molar-refractivity contribution in [2.45, 2.75) is 36.9 Å². The Kier molecular flexibility index (Phi) is 6.32. The highest BCUT2D eigenvalue weighted by molar-refractivity contribution is 8.02. The molecule has 0 fully saturated rings. The lowest BCUT2D eigenvalue weighted by molar-refractivity contribution is -0.147. The zero-order chi connectivity index (χ0) is 21.3.